The number of anilines is 3. The third kappa shape index (κ3) is 3.71. The van der Waals surface area contributed by atoms with E-state index in [1.807, 2.05) is 53.1 Å². The fourth-order valence-corrected chi connectivity index (χ4v) is 4.09. The van der Waals surface area contributed by atoms with Crippen molar-refractivity contribution < 1.29 is 13.9 Å². The van der Waals surface area contributed by atoms with Gasteiger partial charge in [0.05, 0.1) is 18.9 Å². The third-order valence-corrected chi connectivity index (χ3v) is 5.63. The van der Waals surface area contributed by atoms with Crippen LogP contribution in [0.15, 0.2) is 72.9 Å². The second kappa shape index (κ2) is 8.43. The van der Waals surface area contributed by atoms with Gasteiger partial charge in [-0.05, 0) is 60.7 Å². The summed E-state index contributed by atoms with van der Waals surface area (Å²) in [5.41, 5.74) is 3.89. The smallest absolute Gasteiger partial charge is 0.229 e. The monoisotopic (exact) mass is 430 g/mol. The van der Waals surface area contributed by atoms with Crippen molar-refractivity contribution in [2.75, 3.05) is 36.1 Å². The maximum Gasteiger partial charge on any atom is 0.229 e. The SMILES string of the molecule is CC(=O)N(c1ccc(N2CCOCC2)cc1)c1c(-c2ccc(F)cc2)nc2ccccn12. The van der Waals surface area contributed by atoms with Crippen molar-refractivity contribution in [3.8, 4) is 11.3 Å². The van der Waals surface area contributed by atoms with Gasteiger partial charge >= 0.3 is 0 Å². The number of carbonyl (C=O) groups excluding carboxylic acids is 1. The Balaban J connectivity index is 1.62. The summed E-state index contributed by atoms with van der Waals surface area (Å²) in [4.78, 5) is 21.6. The third-order valence-electron chi connectivity index (χ3n) is 5.63. The number of imidazole rings is 1. The number of hydrogen-bond donors (Lipinski definition) is 0. The van der Waals surface area contributed by atoms with Crippen molar-refractivity contribution in [3.63, 3.8) is 0 Å². The van der Waals surface area contributed by atoms with E-state index in [1.165, 1.54) is 19.1 Å². The molecule has 1 amide bonds. The number of rotatable bonds is 4. The van der Waals surface area contributed by atoms with Gasteiger partial charge in [-0.25, -0.2) is 9.37 Å². The minimum absolute atomic E-state index is 0.141. The van der Waals surface area contributed by atoms with Crippen molar-refractivity contribution in [3.05, 3.63) is 78.7 Å². The number of aromatic nitrogens is 2. The molecular formula is C25H23FN4O2. The van der Waals surface area contributed by atoms with Crippen molar-refractivity contribution in [1.29, 1.82) is 0 Å². The first-order chi connectivity index (χ1) is 15.6. The lowest BCUT2D eigenvalue weighted by atomic mass is 10.1. The van der Waals surface area contributed by atoms with Crippen molar-refractivity contribution >= 4 is 28.7 Å². The maximum absolute atomic E-state index is 13.5. The van der Waals surface area contributed by atoms with Crippen LogP contribution in [-0.2, 0) is 9.53 Å². The standard InChI is InChI=1S/C25H23FN4O2/c1-18(31)30(22-11-9-21(10-12-22)28-14-16-32-17-15-28)25-24(19-5-7-20(26)8-6-19)27-23-4-2-3-13-29(23)25/h2-13H,14-17H2,1H3. The van der Waals surface area contributed by atoms with Gasteiger partial charge in [0.2, 0.25) is 5.91 Å². The number of amides is 1. The highest BCUT2D eigenvalue weighted by Crippen LogP contribution is 2.36. The molecular weight excluding hydrogens is 407 g/mol. The summed E-state index contributed by atoms with van der Waals surface area (Å²) in [6.45, 7) is 4.65. The number of halogens is 1. The summed E-state index contributed by atoms with van der Waals surface area (Å²) in [5, 5.41) is 0. The molecule has 0 atom stereocenters. The van der Waals surface area contributed by atoms with Crippen molar-refractivity contribution in [2.45, 2.75) is 6.92 Å². The molecule has 4 aromatic rings. The topological polar surface area (TPSA) is 50.1 Å². The lowest BCUT2D eigenvalue weighted by Crippen LogP contribution is -2.36. The highest BCUT2D eigenvalue weighted by Gasteiger charge is 2.24. The Morgan fingerprint density at radius 1 is 1.00 bits per heavy atom. The van der Waals surface area contributed by atoms with E-state index in [0.29, 0.717) is 30.4 Å². The molecule has 1 aliphatic heterocycles. The van der Waals surface area contributed by atoms with Crippen LogP contribution in [0.5, 0.6) is 0 Å². The molecule has 0 N–H and O–H groups in total. The Bertz CT molecular complexity index is 1250. The van der Waals surface area contributed by atoms with E-state index in [4.69, 9.17) is 9.72 Å². The highest BCUT2D eigenvalue weighted by molar-refractivity contribution is 6.02. The molecule has 0 bridgehead atoms. The van der Waals surface area contributed by atoms with Gasteiger partial charge in [0.1, 0.15) is 17.2 Å². The minimum Gasteiger partial charge on any atom is -0.378 e. The van der Waals surface area contributed by atoms with E-state index in [-0.39, 0.29) is 11.7 Å². The molecule has 32 heavy (non-hydrogen) atoms. The van der Waals surface area contributed by atoms with Crippen LogP contribution in [-0.4, -0.2) is 41.6 Å². The Kier molecular flexibility index (Phi) is 5.33. The van der Waals surface area contributed by atoms with Gasteiger partial charge in [-0.15, -0.1) is 0 Å². The normalized spacial score (nSPS) is 14.0. The molecule has 0 unspecified atom stereocenters. The number of hydrogen-bond acceptors (Lipinski definition) is 4. The summed E-state index contributed by atoms with van der Waals surface area (Å²) in [6.07, 6.45) is 1.88. The van der Waals surface area contributed by atoms with Crippen LogP contribution in [0.1, 0.15) is 6.92 Å². The zero-order valence-corrected chi connectivity index (χ0v) is 17.7. The molecule has 162 valence electrons. The number of nitrogens with zero attached hydrogens (tertiary/aromatic N) is 4. The Labute approximate surface area is 185 Å². The number of benzene rings is 2. The summed E-state index contributed by atoms with van der Waals surface area (Å²) >= 11 is 0. The molecule has 0 saturated carbocycles. The second-order valence-corrected chi connectivity index (χ2v) is 7.69. The van der Waals surface area contributed by atoms with Gasteiger partial charge < -0.3 is 9.64 Å². The fourth-order valence-electron chi connectivity index (χ4n) is 4.09. The Hall–Kier alpha value is -3.71. The highest BCUT2D eigenvalue weighted by atomic mass is 19.1. The van der Waals surface area contributed by atoms with E-state index in [9.17, 15) is 9.18 Å². The number of ether oxygens (including phenoxy) is 1. The summed E-state index contributed by atoms with van der Waals surface area (Å²) in [5.74, 6) is 0.165. The lowest BCUT2D eigenvalue weighted by Gasteiger charge is -2.29. The zero-order chi connectivity index (χ0) is 22.1. The molecule has 2 aromatic carbocycles. The Morgan fingerprint density at radius 2 is 1.72 bits per heavy atom. The molecule has 1 aliphatic rings. The largest absolute Gasteiger partial charge is 0.378 e. The molecule has 2 aromatic heterocycles. The van der Waals surface area contributed by atoms with Crippen LogP contribution in [0.3, 0.4) is 0 Å². The van der Waals surface area contributed by atoms with Crippen LogP contribution in [0, 0.1) is 5.82 Å². The number of morpholine rings is 1. The molecule has 6 nitrogen and oxygen atoms in total. The predicted molar refractivity (Wildman–Crippen MR) is 123 cm³/mol. The summed E-state index contributed by atoms with van der Waals surface area (Å²) in [6, 6.07) is 19.8. The molecule has 0 spiro atoms. The van der Waals surface area contributed by atoms with Gasteiger partial charge in [0.15, 0.2) is 5.82 Å². The second-order valence-electron chi connectivity index (χ2n) is 7.69. The lowest BCUT2D eigenvalue weighted by molar-refractivity contribution is -0.115. The first-order valence-corrected chi connectivity index (χ1v) is 10.6. The van der Waals surface area contributed by atoms with Crippen LogP contribution in [0.2, 0.25) is 0 Å². The number of carbonyl (C=O) groups is 1. The quantitative estimate of drug-likeness (QED) is 0.473. The summed E-state index contributed by atoms with van der Waals surface area (Å²) < 4.78 is 20.9. The van der Waals surface area contributed by atoms with Gasteiger partial charge in [-0.3, -0.25) is 14.1 Å². The zero-order valence-electron chi connectivity index (χ0n) is 17.7. The maximum atomic E-state index is 13.5. The first kappa shape index (κ1) is 20.2. The average molecular weight is 430 g/mol. The molecule has 7 heteroatoms. The first-order valence-electron chi connectivity index (χ1n) is 10.6. The van der Waals surface area contributed by atoms with Gasteiger partial charge in [-0.2, -0.15) is 0 Å². The van der Waals surface area contributed by atoms with Gasteiger partial charge in [0, 0.05) is 37.5 Å². The van der Waals surface area contributed by atoms with Gasteiger partial charge in [-0.1, -0.05) is 6.07 Å². The fraction of sp³-hybridized carbons (Fsp3) is 0.200. The Morgan fingerprint density at radius 3 is 2.41 bits per heavy atom. The van der Waals surface area contributed by atoms with Crippen LogP contribution >= 0.6 is 0 Å². The predicted octanol–water partition coefficient (Wildman–Crippen LogP) is 4.66. The van der Waals surface area contributed by atoms with E-state index in [2.05, 4.69) is 4.90 Å². The molecule has 0 aliphatic carbocycles. The molecule has 3 heterocycles. The van der Waals surface area contributed by atoms with E-state index in [1.54, 1.807) is 17.0 Å². The average Bonchev–Trinajstić information content (AvgIpc) is 3.20. The number of pyridine rings is 1. The molecule has 1 fully saturated rings. The minimum atomic E-state index is -0.318. The summed E-state index contributed by atoms with van der Waals surface area (Å²) in [7, 11) is 0. The van der Waals surface area contributed by atoms with E-state index >= 15 is 0 Å². The van der Waals surface area contributed by atoms with Crippen LogP contribution in [0.4, 0.5) is 21.6 Å². The molecule has 5 rings (SSSR count). The van der Waals surface area contributed by atoms with Crippen LogP contribution in [0.25, 0.3) is 16.9 Å². The molecule has 0 radical (unpaired) electrons. The van der Waals surface area contributed by atoms with Gasteiger partial charge in [0.25, 0.3) is 0 Å². The van der Waals surface area contributed by atoms with E-state index in [0.717, 1.165) is 30.0 Å². The van der Waals surface area contributed by atoms with Crippen molar-refractivity contribution in [2.24, 2.45) is 0 Å². The van der Waals surface area contributed by atoms with Crippen molar-refractivity contribution in [1.82, 2.24) is 9.38 Å². The van der Waals surface area contributed by atoms with E-state index < -0.39 is 0 Å². The van der Waals surface area contributed by atoms with Crippen LogP contribution < -0.4 is 9.80 Å². The number of fused-ring (bicyclic) bond motifs is 1. The molecule has 1 saturated heterocycles.